The number of nitrogens with zero attached hydrogens (tertiary/aromatic N) is 2. The van der Waals surface area contributed by atoms with Crippen LogP contribution < -0.4 is 14.8 Å². The van der Waals surface area contributed by atoms with Gasteiger partial charge in [-0.2, -0.15) is 0 Å². The van der Waals surface area contributed by atoms with Gasteiger partial charge < -0.3 is 19.7 Å². The van der Waals surface area contributed by atoms with Crippen LogP contribution in [0.4, 0.5) is 0 Å². The summed E-state index contributed by atoms with van der Waals surface area (Å²) in [6.45, 7) is 4.58. The van der Waals surface area contributed by atoms with E-state index < -0.39 is 0 Å². The van der Waals surface area contributed by atoms with E-state index >= 15 is 0 Å². The van der Waals surface area contributed by atoms with Gasteiger partial charge in [0.25, 0.3) is 5.91 Å². The first-order valence-electron chi connectivity index (χ1n) is 12.6. The molecule has 2 fully saturated rings. The smallest absolute Gasteiger partial charge is 0.254 e. The van der Waals surface area contributed by atoms with E-state index in [0.717, 1.165) is 18.4 Å². The summed E-state index contributed by atoms with van der Waals surface area (Å²) < 4.78 is 10.7. The number of carbonyl (C=O) groups excluding carboxylic acids is 2. The summed E-state index contributed by atoms with van der Waals surface area (Å²) in [6.07, 6.45) is 4.53. The lowest BCUT2D eigenvalue weighted by Gasteiger charge is -2.41. The van der Waals surface area contributed by atoms with Crippen LogP contribution in [0.5, 0.6) is 11.5 Å². The summed E-state index contributed by atoms with van der Waals surface area (Å²) in [5.41, 5.74) is 1.66. The number of benzene rings is 2. The number of carbonyl (C=O) groups is 2. The third-order valence-electron chi connectivity index (χ3n) is 7.37. The van der Waals surface area contributed by atoms with Gasteiger partial charge in [0.1, 0.15) is 11.5 Å². The fourth-order valence-corrected chi connectivity index (χ4v) is 5.39. The fourth-order valence-electron chi connectivity index (χ4n) is 5.39. The van der Waals surface area contributed by atoms with Crippen molar-refractivity contribution in [3.63, 3.8) is 0 Å². The van der Waals surface area contributed by atoms with Crippen molar-refractivity contribution in [2.24, 2.45) is 5.92 Å². The molecule has 0 spiro atoms. The molecule has 2 aromatic carbocycles. The second-order valence-electron chi connectivity index (χ2n) is 9.56. The first-order chi connectivity index (χ1) is 17.0. The maximum atomic E-state index is 13.5. The van der Waals surface area contributed by atoms with Crippen LogP contribution in [0.3, 0.4) is 0 Å². The molecule has 1 N–H and O–H groups in total. The molecule has 1 aliphatic carbocycles. The van der Waals surface area contributed by atoms with Crippen LogP contribution in [0.1, 0.15) is 54.6 Å². The zero-order valence-electron chi connectivity index (χ0n) is 21.0. The van der Waals surface area contributed by atoms with Gasteiger partial charge in [-0.15, -0.1) is 0 Å². The normalized spacial score (nSPS) is 18.7. The molecule has 0 radical (unpaired) electrons. The molecule has 2 atom stereocenters. The second-order valence-corrected chi connectivity index (χ2v) is 9.56. The molecule has 188 valence electrons. The van der Waals surface area contributed by atoms with Crippen molar-refractivity contribution >= 4 is 11.8 Å². The molecule has 1 aliphatic heterocycles. The summed E-state index contributed by atoms with van der Waals surface area (Å²) in [5, 5.41) is 3.27. The van der Waals surface area contributed by atoms with Crippen molar-refractivity contribution in [1.82, 2.24) is 15.1 Å². The molecule has 2 amide bonds. The highest BCUT2D eigenvalue weighted by Crippen LogP contribution is 2.32. The van der Waals surface area contributed by atoms with E-state index in [1.807, 2.05) is 42.2 Å². The molecule has 2 unspecified atom stereocenters. The van der Waals surface area contributed by atoms with Crippen LogP contribution in [-0.4, -0.2) is 68.1 Å². The van der Waals surface area contributed by atoms with Crippen molar-refractivity contribution in [3.8, 4) is 11.5 Å². The number of piperazine rings is 1. The van der Waals surface area contributed by atoms with Gasteiger partial charge in [-0.1, -0.05) is 43.2 Å². The Bertz CT molecular complexity index is 976. The SMILES string of the molecule is COc1cc(OC)cc(C(=O)N2CCN(C(C(=O)NC(C)c3ccccc3)C3CCCC3)CC2)c1. The first-order valence-corrected chi connectivity index (χ1v) is 12.6. The van der Waals surface area contributed by atoms with E-state index in [4.69, 9.17) is 9.47 Å². The number of ether oxygens (including phenoxy) is 2. The van der Waals surface area contributed by atoms with Crippen molar-refractivity contribution in [2.45, 2.75) is 44.7 Å². The Labute approximate surface area is 208 Å². The molecule has 35 heavy (non-hydrogen) atoms. The van der Waals surface area contributed by atoms with Gasteiger partial charge >= 0.3 is 0 Å². The fraction of sp³-hybridized carbons (Fsp3) is 0.500. The van der Waals surface area contributed by atoms with E-state index in [0.29, 0.717) is 49.2 Å². The van der Waals surface area contributed by atoms with Gasteiger partial charge in [0.15, 0.2) is 0 Å². The van der Waals surface area contributed by atoms with Gasteiger partial charge in [-0.3, -0.25) is 14.5 Å². The van der Waals surface area contributed by atoms with E-state index in [1.54, 1.807) is 32.4 Å². The molecule has 1 heterocycles. The topological polar surface area (TPSA) is 71.1 Å². The van der Waals surface area contributed by atoms with E-state index in [9.17, 15) is 9.59 Å². The highest BCUT2D eigenvalue weighted by Gasteiger charge is 2.38. The Morgan fingerprint density at radius 1 is 0.914 bits per heavy atom. The van der Waals surface area contributed by atoms with Crippen molar-refractivity contribution in [3.05, 3.63) is 59.7 Å². The molecule has 0 aromatic heterocycles. The standard InChI is InChI=1S/C28H37N3O4/c1-20(21-9-5-4-6-10-21)29-27(32)26(22-11-7-8-12-22)30-13-15-31(16-14-30)28(33)23-17-24(34-2)19-25(18-23)35-3/h4-6,9-10,17-20,22,26H,7-8,11-16H2,1-3H3,(H,29,32). The molecule has 4 rings (SSSR count). The lowest BCUT2D eigenvalue weighted by atomic mass is 9.94. The number of methoxy groups -OCH3 is 2. The Hall–Kier alpha value is -3.06. The third-order valence-corrected chi connectivity index (χ3v) is 7.37. The zero-order valence-corrected chi connectivity index (χ0v) is 21.0. The maximum absolute atomic E-state index is 13.5. The molecule has 1 saturated carbocycles. The van der Waals surface area contributed by atoms with Crippen LogP contribution >= 0.6 is 0 Å². The number of nitrogens with one attached hydrogen (secondary N) is 1. The minimum absolute atomic E-state index is 0.0404. The van der Waals surface area contributed by atoms with E-state index in [2.05, 4.69) is 10.2 Å². The lowest BCUT2D eigenvalue weighted by Crippen LogP contribution is -2.58. The molecule has 1 saturated heterocycles. The largest absolute Gasteiger partial charge is 0.497 e. The van der Waals surface area contributed by atoms with Crippen LogP contribution in [0.15, 0.2) is 48.5 Å². The zero-order chi connectivity index (χ0) is 24.8. The molecule has 2 aliphatic rings. The third kappa shape index (κ3) is 5.96. The van der Waals surface area contributed by atoms with Gasteiger partial charge in [0.2, 0.25) is 5.91 Å². The average molecular weight is 480 g/mol. The molecular formula is C28H37N3O4. The summed E-state index contributed by atoms with van der Waals surface area (Å²) >= 11 is 0. The Morgan fingerprint density at radius 2 is 1.51 bits per heavy atom. The minimum Gasteiger partial charge on any atom is -0.497 e. The number of amides is 2. The Morgan fingerprint density at radius 3 is 2.09 bits per heavy atom. The summed E-state index contributed by atoms with van der Waals surface area (Å²) in [5.74, 6) is 1.61. The van der Waals surface area contributed by atoms with Crippen LogP contribution in [0.2, 0.25) is 0 Å². The summed E-state index contributed by atoms with van der Waals surface area (Å²) in [4.78, 5) is 30.9. The minimum atomic E-state index is -0.155. The Kier molecular flexibility index (Phi) is 8.29. The summed E-state index contributed by atoms with van der Waals surface area (Å²) in [6, 6.07) is 15.1. The highest BCUT2D eigenvalue weighted by atomic mass is 16.5. The molecule has 7 nitrogen and oxygen atoms in total. The first kappa shape index (κ1) is 25.0. The van der Waals surface area contributed by atoms with Crippen molar-refractivity contribution < 1.29 is 19.1 Å². The molecule has 0 bridgehead atoms. The van der Waals surface area contributed by atoms with E-state index in [1.165, 1.54) is 12.8 Å². The Balaban J connectivity index is 1.43. The molecular weight excluding hydrogens is 442 g/mol. The molecule has 2 aromatic rings. The number of hydrogen-bond acceptors (Lipinski definition) is 5. The van der Waals surface area contributed by atoms with E-state index in [-0.39, 0.29) is 23.9 Å². The molecule has 7 heteroatoms. The summed E-state index contributed by atoms with van der Waals surface area (Å²) in [7, 11) is 3.16. The maximum Gasteiger partial charge on any atom is 0.254 e. The van der Waals surface area contributed by atoms with Crippen LogP contribution in [0, 0.1) is 5.92 Å². The van der Waals surface area contributed by atoms with Gasteiger partial charge in [0, 0.05) is 37.8 Å². The van der Waals surface area contributed by atoms with Gasteiger partial charge in [0.05, 0.1) is 26.3 Å². The quantitative estimate of drug-likeness (QED) is 0.622. The average Bonchev–Trinajstić information content (AvgIpc) is 3.43. The van der Waals surface area contributed by atoms with Gasteiger partial charge in [-0.05, 0) is 43.4 Å². The predicted octanol–water partition coefficient (Wildman–Crippen LogP) is 3.90. The monoisotopic (exact) mass is 479 g/mol. The number of rotatable bonds is 8. The van der Waals surface area contributed by atoms with Crippen LogP contribution in [-0.2, 0) is 4.79 Å². The number of hydrogen-bond donors (Lipinski definition) is 1. The van der Waals surface area contributed by atoms with Crippen LogP contribution in [0.25, 0.3) is 0 Å². The highest BCUT2D eigenvalue weighted by molar-refractivity contribution is 5.95. The predicted molar refractivity (Wildman–Crippen MR) is 136 cm³/mol. The second kappa shape index (κ2) is 11.6. The van der Waals surface area contributed by atoms with Crippen molar-refractivity contribution in [2.75, 3.05) is 40.4 Å². The van der Waals surface area contributed by atoms with Gasteiger partial charge in [-0.25, -0.2) is 0 Å². The lowest BCUT2D eigenvalue weighted by molar-refractivity contribution is -0.129. The van der Waals surface area contributed by atoms with Crippen molar-refractivity contribution in [1.29, 1.82) is 0 Å².